The highest BCUT2D eigenvalue weighted by Crippen LogP contribution is 1.98. The average Bonchev–Trinajstić information content (AvgIpc) is 2.32. The van der Waals surface area contributed by atoms with E-state index in [1.807, 2.05) is 24.2 Å². The monoisotopic (exact) mass is 236 g/mol. The van der Waals surface area contributed by atoms with Crippen molar-refractivity contribution in [3.8, 4) is 6.07 Å². The second-order valence-electron chi connectivity index (χ2n) is 3.59. The summed E-state index contributed by atoms with van der Waals surface area (Å²) in [5.74, 6) is -0.573. The van der Waals surface area contributed by atoms with Crippen LogP contribution < -0.4 is 0 Å². The molecule has 0 N–H and O–H groups in total. The molecule has 4 heteroatoms. The molecule has 4 nitrogen and oxygen atoms in total. The number of hydrogen-bond donors (Lipinski definition) is 0. The lowest BCUT2D eigenvalue weighted by molar-refractivity contribution is -0.138. The number of unbranched alkanes of at least 4 members (excludes halogenated alkanes) is 1. The number of ether oxygens (including phenoxy) is 1. The zero-order valence-electron chi connectivity index (χ0n) is 10.8. The molecule has 17 heavy (non-hydrogen) atoms. The van der Waals surface area contributed by atoms with Crippen molar-refractivity contribution in [2.24, 2.45) is 0 Å². The van der Waals surface area contributed by atoms with Gasteiger partial charge in [-0.25, -0.2) is 4.79 Å². The Bertz CT molecular complexity index is 327. The molecule has 0 amide bonds. The third-order valence-corrected chi connectivity index (χ3v) is 2.08. The third-order valence-electron chi connectivity index (χ3n) is 2.08. The lowest BCUT2D eigenvalue weighted by Gasteiger charge is -2.11. The quantitative estimate of drug-likeness (QED) is 0.294. The molecule has 0 aromatic rings. The minimum atomic E-state index is -0.573. The van der Waals surface area contributed by atoms with Gasteiger partial charge in [-0.05, 0) is 31.7 Å². The highest BCUT2D eigenvalue weighted by molar-refractivity contribution is 5.93. The first-order valence-electron chi connectivity index (χ1n) is 5.81. The largest absolute Gasteiger partial charge is 0.462 e. The Morgan fingerprint density at radius 3 is 2.71 bits per heavy atom. The first-order chi connectivity index (χ1) is 8.15. The van der Waals surface area contributed by atoms with Gasteiger partial charge in [0.25, 0.3) is 0 Å². The van der Waals surface area contributed by atoms with Crippen LogP contribution in [0.15, 0.2) is 23.9 Å². The molecule has 0 saturated heterocycles. The average molecular weight is 236 g/mol. The number of hydrogen-bond acceptors (Lipinski definition) is 4. The molecule has 0 aromatic carbocycles. The van der Waals surface area contributed by atoms with E-state index < -0.39 is 5.97 Å². The van der Waals surface area contributed by atoms with E-state index in [-0.39, 0.29) is 12.2 Å². The summed E-state index contributed by atoms with van der Waals surface area (Å²) in [7, 11) is 1.95. The van der Waals surface area contributed by atoms with E-state index in [9.17, 15) is 4.79 Å². The predicted octanol–water partition coefficient (Wildman–Crippen LogP) is 2.25. The molecule has 0 heterocycles. The van der Waals surface area contributed by atoms with Gasteiger partial charge < -0.3 is 9.64 Å². The fourth-order valence-electron chi connectivity index (χ4n) is 1.13. The molecule has 94 valence electrons. The van der Waals surface area contributed by atoms with Crippen LogP contribution in [-0.2, 0) is 9.53 Å². The summed E-state index contributed by atoms with van der Waals surface area (Å²) in [5, 5.41) is 8.76. The number of esters is 1. The second kappa shape index (κ2) is 9.46. The molecule has 0 rings (SSSR count). The standard InChI is InChI=1S/C13H20N2O2/c1-4-6-9-15(3)10-7-8-12(11-14)13(16)17-5-2/h7-8,10H,4-6,9H2,1-3H3/b10-7+,12-8-. The number of carbonyl (C=O) groups excluding carboxylic acids is 1. The Balaban J connectivity index is 4.31. The summed E-state index contributed by atoms with van der Waals surface area (Å²) in [5.41, 5.74) is 0.0204. The molecule has 0 aliphatic carbocycles. The zero-order valence-corrected chi connectivity index (χ0v) is 10.8. The molecule has 0 radical (unpaired) electrons. The van der Waals surface area contributed by atoms with Gasteiger partial charge in [0.05, 0.1) is 6.61 Å². The van der Waals surface area contributed by atoms with Gasteiger partial charge in [0.2, 0.25) is 0 Å². The third kappa shape index (κ3) is 7.18. The van der Waals surface area contributed by atoms with Gasteiger partial charge in [-0.1, -0.05) is 13.3 Å². The van der Waals surface area contributed by atoms with Crippen molar-refractivity contribution in [2.75, 3.05) is 20.2 Å². The van der Waals surface area contributed by atoms with Crippen molar-refractivity contribution < 1.29 is 9.53 Å². The lowest BCUT2D eigenvalue weighted by atomic mass is 10.2. The minimum Gasteiger partial charge on any atom is -0.462 e. The van der Waals surface area contributed by atoms with E-state index in [0.29, 0.717) is 0 Å². The van der Waals surface area contributed by atoms with Crippen molar-refractivity contribution in [1.29, 1.82) is 5.26 Å². The van der Waals surface area contributed by atoms with Gasteiger partial charge >= 0.3 is 5.97 Å². The summed E-state index contributed by atoms with van der Waals surface area (Å²) in [6, 6.07) is 1.82. The van der Waals surface area contributed by atoms with Crippen LogP contribution in [0, 0.1) is 11.3 Å². The maximum atomic E-state index is 11.3. The molecule has 0 saturated carbocycles. The Morgan fingerprint density at radius 1 is 1.47 bits per heavy atom. The van der Waals surface area contributed by atoms with Crippen molar-refractivity contribution in [3.63, 3.8) is 0 Å². The van der Waals surface area contributed by atoms with E-state index in [0.717, 1.165) is 19.4 Å². The van der Waals surface area contributed by atoms with Gasteiger partial charge in [-0.15, -0.1) is 0 Å². The fourth-order valence-corrected chi connectivity index (χ4v) is 1.13. The number of rotatable bonds is 7. The van der Waals surface area contributed by atoms with Crippen LogP contribution in [-0.4, -0.2) is 31.1 Å². The Morgan fingerprint density at radius 2 is 2.18 bits per heavy atom. The van der Waals surface area contributed by atoms with Crippen LogP contribution in [0.5, 0.6) is 0 Å². The van der Waals surface area contributed by atoms with E-state index in [1.54, 1.807) is 13.0 Å². The van der Waals surface area contributed by atoms with Gasteiger partial charge in [-0.2, -0.15) is 5.26 Å². The molecule has 0 atom stereocenters. The highest BCUT2D eigenvalue weighted by Gasteiger charge is 2.07. The van der Waals surface area contributed by atoms with Crippen LogP contribution >= 0.6 is 0 Å². The Hall–Kier alpha value is -1.76. The van der Waals surface area contributed by atoms with Crippen LogP contribution in [0.2, 0.25) is 0 Å². The van der Waals surface area contributed by atoms with Crippen molar-refractivity contribution in [3.05, 3.63) is 23.9 Å². The summed E-state index contributed by atoms with van der Waals surface area (Å²) in [4.78, 5) is 13.3. The lowest BCUT2D eigenvalue weighted by Crippen LogP contribution is -2.11. The van der Waals surface area contributed by atoms with Crippen LogP contribution in [0.1, 0.15) is 26.7 Å². The first-order valence-corrected chi connectivity index (χ1v) is 5.81. The topological polar surface area (TPSA) is 53.3 Å². The SMILES string of the molecule is CCCCN(C)/C=C/C=C(/C#N)C(=O)OCC. The normalized spacial score (nSPS) is 11.3. The molecular weight excluding hydrogens is 216 g/mol. The summed E-state index contributed by atoms with van der Waals surface area (Å²) < 4.78 is 4.74. The second-order valence-corrected chi connectivity index (χ2v) is 3.59. The highest BCUT2D eigenvalue weighted by atomic mass is 16.5. The van der Waals surface area contributed by atoms with Crippen LogP contribution in [0.25, 0.3) is 0 Å². The van der Waals surface area contributed by atoms with Crippen molar-refractivity contribution >= 4 is 5.97 Å². The van der Waals surface area contributed by atoms with Crippen LogP contribution in [0.4, 0.5) is 0 Å². The minimum absolute atomic E-state index is 0.0204. The number of nitriles is 1. The number of carbonyl (C=O) groups is 1. The van der Waals surface area contributed by atoms with E-state index in [1.165, 1.54) is 6.08 Å². The Labute approximate surface area is 103 Å². The summed E-state index contributed by atoms with van der Waals surface area (Å²) in [6.45, 7) is 5.08. The molecular formula is C13H20N2O2. The van der Waals surface area contributed by atoms with Crippen molar-refractivity contribution in [2.45, 2.75) is 26.7 Å². The first kappa shape index (κ1) is 15.2. The van der Waals surface area contributed by atoms with Gasteiger partial charge in [-0.3, -0.25) is 0 Å². The molecule has 0 aliphatic heterocycles. The van der Waals surface area contributed by atoms with Crippen LogP contribution in [0.3, 0.4) is 0 Å². The summed E-state index contributed by atoms with van der Waals surface area (Å²) >= 11 is 0. The fraction of sp³-hybridized carbons (Fsp3) is 0.538. The predicted molar refractivity (Wildman–Crippen MR) is 67.0 cm³/mol. The molecule has 0 bridgehead atoms. The molecule has 0 aliphatic rings. The maximum absolute atomic E-state index is 11.3. The van der Waals surface area contributed by atoms with Gasteiger partial charge in [0.15, 0.2) is 0 Å². The van der Waals surface area contributed by atoms with Crippen molar-refractivity contribution in [1.82, 2.24) is 4.90 Å². The number of nitrogens with zero attached hydrogens (tertiary/aromatic N) is 2. The van der Waals surface area contributed by atoms with E-state index >= 15 is 0 Å². The smallest absolute Gasteiger partial charge is 0.348 e. The van der Waals surface area contributed by atoms with E-state index in [4.69, 9.17) is 10.00 Å². The van der Waals surface area contributed by atoms with E-state index in [2.05, 4.69) is 6.92 Å². The zero-order chi connectivity index (χ0) is 13.1. The molecule has 0 aromatic heterocycles. The van der Waals surface area contributed by atoms with Gasteiger partial charge in [0, 0.05) is 13.6 Å². The molecule has 0 fully saturated rings. The van der Waals surface area contributed by atoms with Gasteiger partial charge in [0.1, 0.15) is 11.6 Å². The number of allylic oxidation sites excluding steroid dienone is 2. The molecule has 0 spiro atoms. The Kier molecular flexibility index (Phi) is 8.48. The molecule has 0 unspecified atom stereocenters. The summed E-state index contributed by atoms with van der Waals surface area (Å²) in [6.07, 6.45) is 7.26. The maximum Gasteiger partial charge on any atom is 0.348 e.